The molecule has 0 bridgehead atoms. The second-order valence-electron chi connectivity index (χ2n) is 7.95. The zero-order chi connectivity index (χ0) is 21.0. The number of hydrogen-bond acceptors (Lipinski definition) is 4. The average Bonchev–Trinajstić information content (AvgIpc) is 3.07. The lowest BCUT2D eigenvalue weighted by Crippen LogP contribution is -2.32. The standard InChI is InChI=1S/C23H28N4OS/c1-6-27(19-10-8-7-9-11-19)20(28)16-29-22-25-24-21(26(22)5)17-12-14-18(15-13-17)23(2,3)4/h7-15H,6,16H2,1-5H3. The zero-order valence-electron chi connectivity index (χ0n) is 17.7. The summed E-state index contributed by atoms with van der Waals surface area (Å²) in [6, 6.07) is 18.2. The van der Waals surface area contributed by atoms with Crippen LogP contribution in [0, 0.1) is 0 Å². The fourth-order valence-electron chi connectivity index (χ4n) is 3.13. The molecular formula is C23H28N4OS. The third kappa shape index (κ3) is 4.88. The van der Waals surface area contributed by atoms with Crippen LogP contribution < -0.4 is 4.90 Å². The fraction of sp³-hybridized carbons (Fsp3) is 0.348. The minimum Gasteiger partial charge on any atom is -0.312 e. The molecule has 0 atom stereocenters. The average molecular weight is 409 g/mol. The van der Waals surface area contributed by atoms with E-state index in [1.165, 1.54) is 17.3 Å². The van der Waals surface area contributed by atoms with Gasteiger partial charge in [-0.15, -0.1) is 10.2 Å². The first-order valence-electron chi connectivity index (χ1n) is 9.79. The van der Waals surface area contributed by atoms with E-state index >= 15 is 0 Å². The topological polar surface area (TPSA) is 51.0 Å². The van der Waals surface area contributed by atoms with E-state index in [0.29, 0.717) is 12.3 Å². The summed E-state index contributed by atoms with van der Waals surface area (Å²) in [6.45, 7) is 9.21. The van der Waals surface area contributed by atoms with Crippen LogP contribution in [0.3, 0.4) is 0 Å². The Morgan fingerprint density at radius 3 is 2.28 bits per heavy atom. The van der Waals surface area contributed by atoms with Gasteiger partial charge in [0.1, 0.15) is 0 Å². The first-order valence-corrected chi connectivity index (χ1v) is 10.8. The van der Waals surface area contributed by atoms with Crippen LogP contribution in [0.2, 0.25) is 0 Å². The summed E-state index contributed by atoms with van der Waals surface area (Å²) in [7, 11) is 1.94. The Balaban J connectivity index is 1.70. The molecule has 152 valence electrons. The molecule has 0 fully saturated rings. The zero-order valence-corrected chi connectivity index (χ0v) is 18.5. The highest BCUT2D eigenvalue weighted by Gasteiger charge is 2.18. The van der Waals surface area contributed by atoms with Crippen LogP contribution >= 0.6 is 11.8 Å². The summed E-state index contributed by atoms with van der Waals surface area (Å²) >= 11 is 1.41. The molecule has 0 radical (unpaired) electrons. The summed E-state index contributed by atoms with van der Waals surface area (Å²) < 4.78 is 1.95. The van der Waals surface area contributed by atoms with E-state index in [-0.39, 0.29) is 11.3 Å². The predicted molar refractivity (Wildman–Crippen MR) is 120 cm³/mol. The summed E-state index contributed by atoms with van der Waals surface area (Å²) in [5, 5.41) is 9.38. The van der Waals surface area contributed by atoms with Crippen LogP contribution in [0.5, 0.6) is 0 Å². The van der Waals surface area contributed by atoms with Crippen molar-refractivity contribution in [1.29, 1.82) is 0 Å². The molecule has 29 heavy (non-hydrogen) atoms. The highest BCUT2D eigenvalue weighted by Crippen LogP contribution is 2.27. The van der Waals surface area contributed by atoms with Gasteiger partial charge in [0.05, 0.1) is 5.75 Å². The SMILES string of the molecule is CCN(C(=O)CSc1nnc(-c2ccc(C(C)(C)C)cc2)n1C)c1ccccc1. The number of hydrogen-bond donors (Lipinski definition) is 0. The Morgan fingerprint density at radius 1 is 1.03 bits per heavy atom. The highest BCUT2D eigenvalue weighted by atomic mass is 32.2. The fourth-order valence-corrected chi connectivity index (χ4v) is 3.91. The minimum atomic E-state index is 0.0581. The third-order valence-corrected chi connectivity index (χ3v) is 5.86. The Morgan fingerprint density at radius 2 is 1.69 bits per heavy atom. The van der Waals surface area contributed by atoms with E-state index in [0.717, 1.165) is 22.2 Å². The van der Waals surface area contributed by atoms with Crippen molar-refractivity contribution in [3.63, 3.8) is 0 Å². The van der Waals surface area contributed by atoms with Crippen LogP contribution in [0.4, 0.5) is 5.69 Å². The smallest absolute Gasteiger partial charge is 0.237 e. The lowest BCUT2D eigenvalue weighted by atomic mass is 9.87. The Labute approximate surface area is 177 Å². The molecule has 0 spiro atoms. The molecule has 0 unspecified atom stereocenters. The maximum absolute atomic E-state index is 12.7. The monoisotopic (exact) mass is 408 g/mol. The van der Waals surface area contributed by atoms with E-state index in [1.807, 2.05) is 48.9 Å². The van der Waals surface area contributed by atoms with E-state index in [2.05, 4.69) is 55.2 Å². The van der Waals surface area contributed by atoms with Gasteiger partial charge in [0.25, 0.3) is 0 Å². The number of anilines is 1. The molecular weight excluding hydrogens is 380 g/mol. The van der Waals surface area contributed by atoms with Gasteiger partial charge in [-0.1, -0.05) is 75.0 Å². The number of amides is 1. The van der Waals surface area contributed by atoms with Crippen molar-refractivity contribution in [3.05, 3.63) is 60.2 Å². The van der Waals surface area contributed by atoms with Crippen molar-refractivity contribution in [2.75, 3.05) is 17.2 Å². The van der Waals surface area contributed by atoms with Crippen molar-refractivity contribution in [3.8, 4) is 11.4 Å². The Bertz CT molecular complexity index is 959. The van der Waals surface area contributed by atoms with Crippen LogP contribution in [0.25, 0.3) is 11.4 Å². The number of thioether (sulfide) groups is 1. The van der Waals surface area contributed by atoms with Crippen LogP contribution in [0.15, 0.2) is 59.8 Å². The molecule has 3 rings (SSSR count). The van der Waals surface area contributed by atoms with Gasteiger partial charge in [-0.05, 0) is 30.0 Å². The molecule has 1 heterocycles. The van der Waals surface area contributed by atoms with Crippen molar-refractivity contribution >= 4 is 23.4 Å². The molecule has 0 aliphatic rings. The Hall–Kier alpha value is -2.60. The first kappa shape index (κ1) is 21.1. The van der Waals surface area contributed by atoms with Gasteiger partial charge >= 0.3 is 0 Å². The van der Waals surface area contributed by atoms with Crippen LogP contribution in [-0.2, 0) is 17.3 Å². The number of nitrogens with zero attached hydrogens (tertiary/aromatic N) is 4. The predicted octanol–water partition coefficient (Wildman–Crippen LogP) is 4.92. The molecule has 0 N–H and O–H groups in total. The molecule has 2 aromatic carbocycles. The summed E-state index contributed by atoms with van der Waals surface area (Å²) in [6.07, 6.45) is 0. The highest BCUT2D eigenvalue weighted by molar-refractivity contribution is 7.99. The van der Waals surface area contributed by atoms with Gasteiger partial charge < -0.3 is 9.47 Å². The first-order chi connectivity index (χ1) is 13.8. The number of carbonyl (C=O) groups excluding carboxylic acids is 1. The van der Waals surface area contributed by atoms with E-state index in [9.17, 15) is 4.79 Å². The molecule has 6 heteroatoms. The van der Waals surface area contributed by atoms with Crippen molar-refractivity contribution in [2.24, 2.45) is 7.05 Å². The van der Waals surface area contributed by atoms with Gasteiger partial charge in [0, 0.05) is 24.8 Å². The van der Waals surface area contributed by atoms with E-state index in [1.54, 1.807) is 4.90 Å². The largest absolute Gasteiger partial charge is 0.312 e. The van der Waals surface area contributed by atoms with Gasteiger partial charge in [-0.3, -0.25) is 4.79 Å². The van der Waals surface area contributed by atoms with Gasteiger partial charge in [-0.25, -0.2) is 0 Å². The van der Waals surface area contributed by atoms with E-state index < -0.39 is 0 Å². The molecule has 0 saturated carbocycles. The van der Waals surface area contributed by atoms with Crippen molar-refractivity contribution < 1.29 is 4.79 Å². The summed E-state index contributed by atoms with van der Waals surface area (Å²) in [5.41, 5.74) is 3.33. The molecule has 1 aromatic heterocycles. The summed E-state index contributed by atoms with van der Waals surface area (Å²) in [4.78, 5) is 14.5. The van der Waals surface area contributed by atoms with Gasteiger partial charge in [0.15, 0.2) is 11.0 Å². The molecule has 5 nitrogen and oxygen atoms in total. The molecule has 0 aliphatic heterocycles. The number of carbonyl (C=O) groups is 1. The molecule has 1 amide bonds. The number of benzene rings is 2. The quantitative estimate of drug-likeness (QED) is 0.543. The lowest BCUT2D eigenvalue weighted by molar-refractivity contribution is -0.116. The summed E-state index contributed by atoms with van der Waals surface area (Å²) in [5.74, 6) is 1.18. The van der Waals surface area contributed by atoms with Crippen LogP contribution in [-0.4, -0.2) is 33.0 Å². The normalized spacial score (nSPS) is 11.5. The third-order valence-electron chi connectivity index (χ3n) is 4.85. The molecule has 0 aliphatic carbocycles. The number of para-hydroxylation sites is 1. The van der Waals surface area contributed by atoms with Gasteiger partial charge in [0.2, 0.25) is 5.91 Å². The lowest BCUT2D eigenvalue weighted by Gasteiger charge is -2.20. The van der Waals surface area contributed by atoms with Crippen molar-refractivity contribution in [2.45, 2.75) is 38.3 Å². The van der Waals surface area contributed by atoms with E-state index in [4.69, 9.17) is 0 Å². The number of aromatic nitrogens is 3. The second-order valence-corrected chi connectivity index (χ2v) is 8.90. The van der Waals surface area contributed by atoms with Crippen molar-refractivity contribution in [1.82, 2.24) is 14.8 Å². The van der Waals surface area contributed by atoms with Crippen LogP contribution in [0.1, 0.15) is 33.3 Å². The number of rotatable bonds is 6. The second kappa shape index (κ2) is 8.82. The maximum Gasteiger partial charge on any atom is 0.237 e. The van der Waals surface area contributed by atoms with Gasteiger partial charge in [-0.2, -0.15) is 0 Å². The maximum atomic E-state index is 12.7. The molecule has 0 saturated heterocycles. The Kier molecular flexibility index (Phi) is 6.42. The minimum absolute atomic E-state index is 0.0581. The molecule has 3 aromatic rings.